The van der Waals surface area contributed by atoms with E-state index < -0.39 is 6.16 Å². The lowest BCUT2D eigenvalue weighted by atomic mass is 10.3. The molecule has 0 fully saturated rings. The lowest BCUT2D eigenvalue weighted by molar-refractivity contribution is 0.107. The van der Waals surface area contributed by atoms with E-state index in [1.807, 2.05) is 6.07 Å². The van der Waals surface area contributed by atoms with Crippen LogP contribution in [-0.2, 0) is 4.74 Å². The molecule has 1 aromatic carbocycles. The van der Waals surface area contributed by atoms with Gasteiger partial charge in [0, 0.05) is 0 Å². The molecular formula is C10H11O3. The zero-order chi connectivity index (χ0) is 9.52. The van der Waals surface area contributed by atoms with Crippen LogP contribution in [0, 0.1) is 6.42 Å². The number of ether oxygens (including phenoxy) is 2. The molecule has 3 heteroatoms. The first-order chi connectivity index (χ1) is 6.33. The van der Waals surface area contributed by atoms with E-state index in [4.69, 9.17) is 4.74 Å². The van der Waals surface area contributed by atoms with Gasteiger partial charge in [-0.1, -0.05) is 25.1 Å². The maximum Gasteiger partial charge on any atom is 0.513 e. The van der Waals surface area contributed by atoms with Crippen molar-refractivity contribution in [1.82, 2.24) is 0 Å². The number of hydrogen-bond acceptors (Lipinski definition) is 3. The van der Waals surface area contributed by atoms with Gasteiger partial charge in [0.25, 0.3) is 0 Å². The minimum Gasteiger partial charge on any atom is -0.434 e. The van der Waals surface area contributed by atoms with E-state index in [1.165, 1.54) is 0 Å². The van der Waals surface area contributed by atoms with Crippen molar-refractivity contribution in [3.05, 3.63) is 36.8 Å². The first kappa shape index (κ1) is 9.58. The Balaban J connectivity index is 2.37. The Morgan fingerprint density at radius 1 is 1.38 bits per heavy atom. The SMILES string of the molecule is C[CH]COC(=O)Oc1ccccc1. The predicted molar refractivity (Wildman–Crippen MR) is 48.4 cm³/mol. The molecule has 69 valence electrons. The summed E-state index contributed by atoms with van der Waals surface area (Å²) in [6.07, 6.45) is 1.05. The van der Waals surface area contributed by atoms with Crippen molar-refractivity contribution >= 4 is 6.16 Å². The van der Waals surface area contributed by atoms with E-state index in [9.17, 15) is 4.79 Å². The van der Waals surface area contributed by atoms with Gasteiger partial charge in [0.2, 0.25) is 0 Å². The van der Waals surface area contributed by atoms with Crippen molar-refractivity contribution in [2.24, 2.45) is 0 Å². The van der Waals surface area contributed by atoms with Gasteiger partial charge in [-0.2, -0.15) is 0 Å². The van der Waals surface area contributed by atoms with Gasteiger partial charge in [0.05, 0.1) is 6.61 Å². The summed E-state index contributed by atoms with van der Waals surface area (Å²) in [4.78, 5) is 10.9. The minimum atomic E-state index is -0.677. The molecule has 0 N–H and O–H groups in total. The fourth-order valence-electron chi connectivity index (χ4n) is 0.766. The molecule has 0 atom stereocenters. The fraction of sp³-hybridized carbons (Fsp3) is 0.200. The maximum atomic E-state index is 10.9. The molecule has 0 aliphatic rings. The molecule has 3 nitrogen and oxygen atoms in total. The molecule has 0 unspecified atom stereocenters. The van der Waals surface area contributed by atoms with E-state index in [0.29, 0.717) is 5.75 Å². The zero-order valence-corrected chi connectivity index (χ0v) is 7.40. The molecule has 1 rings (SSSR count). The van der Waals surface area contributed by atoms with Crippen molar-refractivity contribution in [2.75, 3.05) is 6.61 Å². The van der Waals surface area contributed by atoms with E-state index in [0.717, 1.165) is 0 Å². The zero-order valence-electron chi connectivity index (χ0n) is 7.40. The van der Waals surface area contributed by atoms with E-state index in [2.05, 4.69) is 4.74 Å². The van der Waals surface area contributed by atoms with Gasteiger partial charge in [-0.05, 0) is 18.6 Å². The molecule has 0 saturated heterocycles. The monoisotopic (exact) mass is 179 g/mol. The number of benzene rings is 1. The largest absolute Gasteiger partial charge is 0.513 e. The lowest BCUT2D eigenvalue weighted by Crippen LogP contribution is -2.10. The average molecular weight is 179 g/mol. The average Bonchev–Trinajstić information content (AvgIpc) is 2.16. The predicted octanol–water partition coefficient (Wildman–Crippen LogP) is 2.43. The molecule has 0 spiro atoms. The summed E-state index contributed by atoms with van der Waals surface area (Å²) in [5.74, 6) is 0.489. The van der Waals surface area contributed by atoms with Crippen LogP contribution in [0.1, 0.15) is 6.92 Å². The van der Waals surface area contributed by atoms with Crippen molar-refractivity contribution in [3.8, 4) is 5.75 Å². The number of para-hydroxylation sites is 1. The van der Waals surface area contributed by atoms with Crippen LogP contribution in [0.25, 0.3) is 0 Å². The number of carbonyl (C=O) groups is 1. The standard InChI is InChI=1S/C10H11O3/c1-2-8-12-10(11)13-9-6-4-3-5-7-9/h2-7H,8H2,1H3. The van der Waals surface area contributed by atoms with E-state index in [-0.39, 0.29) is 6.61 Å². The molecule has 1 radical (unpaired) electrons. The molecule has 0 aliphatic heterocycles. The molecular weight excluding hydrogens is 168 g/mol. The van der Waals surface area contributed by atoms with Crippen LogP contribution in [-0.4, -0.2) is 12.8 Å². The summed E-state index contributed by atoms with van der Waals surface area (Å²) < 4.78 is 9.51. The highest BCUT2D eigenvalue weighted by molar-refractivity contribution is 5.63. The highest BCUT2D eigenvalue weighted by atomic mass is 16.7. The first-order valence-corrected chi connectivity index (χ1v) is 4.00. The quantitative estimate of drug-likeness (QED) is 0.528. The smallest absolute Gasteiger partial charge is 0.434 e. The summed E-state index contributed by atoms with van der Waals surface area (Å²) in [7, 11) is 0. The summed E-state index contributed by atoms with van der Waals surface area (Å²) in [5, 5.41) is 0. The fourth-order valence-corrected chi connectivity index (χ4v) is 0.766. The molecule has 1 aromatic rings. The third kappa shape index (κ3) is 3.60. The van der Waals surface area contributed by atoms with Crippen molar-refractivity contribution in [2.45, 2.75) is 6.92 Å². The van der Waals surface area contributed by atoms with Crippen LogP contribution >= 0.6 is 0 Å². The van der Waals surface area contributed by atoms with Crippen molar-refractivity contribution in [3.63, 3.8) is 0 Å². The third-order valence-electron chi connectivity index (χ3n) is 1.31. The highest BCUT2D eigenvalue weighted by Gasteiger charge is 2.03. The Kier molecular flexibility index (Phi) is 3.82. The Morgan fingerprint density at radius 2 is 2.08 bits per heavy atom. The Morgan fingerprint density at radius 3 is 2.69 bits per heavy atom. The normalized spacial score (nSPS) is 9.31. The van der Waals surface area contributed by atoms with Crippen LogP contribution in [0.4, 0.5) is 4.79 Å². The van der Waals surface area contributed by atoms with E-state index in [1.54, 1.807) is 37.6 Å². The van der Waals surface area contributed by atoms with Gasteiger partial charge in [-0.3, -0.25) is 0 Å². The van der Waals surface area contributed by atoms with Gasteiger partial charge in [-0.15, -0.1) is 0 Å². The minimum absolute atomic E-state index is 0.270. The molecule has 0 amide bonds. The van der Waals surface area contributed by atoms with Gasteiger partial charge in [0.15, 0.2) is 0 Å². The highest BCUT2D eigenvalue weighted by Crippen LogP contribution is 2.08. The molecule has 0 bridgehead atoms. The van der Waals surface area contributed by atoms with Gasteiger partial charge < -0.3 is 9.47 Å². The lowest BCUT2D eigenvalue weighted by Gasteiger charge is -2.03. The topological polar surface area (TPSA) is 35.5 Å². The first-order valence-electron chi connectivity index (χ1n) is 4.00. The Hall–Kier alpha value is -1.51. The second kappa shape index (κ2) is 5.19. The number of carbonyl (C=O) groups excluding carboxylic acids is 1. The third-order valence-corrected chi connectivity index (χ3v) is 1.31. The second-order valence-electron chi connectivity index (χ2n) is 2.38. The Labute approximate surface area is 77.3 Å². The van der Waals surface area contributed by atoms with Crippen LogP contribution in [0.15, 0.2) is 30.3 Å². The second-order valence-corrected chi connectivity index (χ2v) is 2.38. The summed E-state index contributed by atoms with van der Waals surface area (Å²) in [6.45, 7) is 2.07. The molecule has 0 heterocycles. The van der Waals surface area contributed by atoms with Crippen LogP contribution in [0.3, 0.4) is 0 Å². The van der Waals surface area contributed by atoms with Crippen molar-refractivity contribution in [1.29, 1.82) is 0 Å². The van der Waals surface area contributed by atoms with Crippen LogP contribution in [0.2, 0.25) is 0 Å². The molecule has 0 saturated carbocycles. The molecule has 0 aromatic heterocycles. The van der Waals surface area contributed by atoms with Gasteiger partial charge in [0.1, 0.15) is 5.75 Å². The van der Waals surface area contributed by atoms with Crippen LogP contribution in [0.5, 0.6) is 5.75 Å². The summed E-state index contributed by atoms with van der Waals surface area (Å²) >= 11 is 0. The van der Waals surface area contributed by atoms with Gasteiger partial charge >= 0.3 is 6.16 Å². The number of rotatable bonds is 3. The number of hydrogen-bond donors (Lipinski definition) is 0. The molecule has 13 heavy (non-hydrogen) atoms. The maximum absolute atomic E-state index is 10.9. The van der Waals surface area contributed by atoms with Crippen molar-refractivity contribution < 1.29 is 14.3 Å². The van der Waals surface area contributed by atoms with Crippen LogP contribution < -0.4 is 4.74 Å². The van der Waals surface area contributed by atoms with Gasteiger partial charge in [-0.25, -0.2) is 4.79 Å². The summed E-state index contributed by atoms with van der Waals surface area (Å²) in [5.41, 5.74) is 0. The summed E-state index contributed by atoms with van der Waals surface area (Å²) in [6, 6.07) is 8.80. The Bertz CT molecular complexity index is 256. The van der Waals surface area contributed by atoms with E-state index >= 15 is 0 Å². The molecule has 0 aliphatic carbocycles.